The van der Waals surface area contributed by atoms with Gasteiger partial charge < -0.3 is 16.2 Å². The average Bonchev–Trinajstić information content (AvgIpc) is 2.97. The van der Waals surface area contributed by atoms with E-state index in [0.29, 0.717) is 29.8 Å². The van der Waals surface area contributed by atoms with Crippen molar-refractivity contribution < 1.29 is 19.5 Å². The Morgan fingerprint density at radius 3 is 2.39 bits per heavy atom. The maximum absolute atomic E-state index is 12.8. The highest BCUT2D eigenvalue weighted by atomic mass is 32.1. The van der Waals surface area contributed by atoms with E-state index < -0.39 is 23.7 Å². The number of nitrogens with one attached hydrogen (secondary N) is 1. The third kappa shape index (κ3) is 4.25. The molecule has 0 radical (unpaired) electrons. The van der Waals surface area contributed by atoms with Crippen molar-refractivity contribution in [3.05, 3.63) is 51.9 Å². The second-order valence-corrected chi connectivity index (χ2v) is 8.31. The molecular formula is C21H24N2O4S. The van der Waals surface area contributed by atoms with Crippen LogP contribution in [-0.2, 0) is 16.0 Å². The molecule has 0 spiro atoms. The van der Waals surface area contributed by atoms with Crippen LogP contribution in [0.2, 0.25) is 0 Å². The molecule has 2 amide bonds. The van der Waals surface area contributed by atoms with Crippen LogP contribution in [0.25, 0.3) is 0 Å². The van der Waals surface area contributed by atoms with Gasteiger partial charge in [0, 0.05) is 11.3 Å². The number of thiophene rings is 1. The fourth-order valence-electron chi connectivity index (χ4n) is 3.84. The van der Waals surface area contributed by atoms with Gasteiger partial charge in [0.15, 0.2) is 0 Å². The minimum Gasteiger partial charge on any atom is -0.481 e. The first-order valence-electron chi connectivity index (χ1n) is 9.38. The largest absolute Gasteiger partial charge is 0.481 e. The Kier molecular flexibility index (Phi) is 6.14. The predicted molar refractivity (Wildman–Crippen MR) is 109 cm³/mol. The van der Waals surface area contributed by atoms with Crippen LogP contribution >= 0.6 is 11.3 Å². The van der Waals surface area contributed by atoms with Crippen molar-refractivity contribution >= 4 is 34.1 Å². The molecule has 6 nitrogen and oxygen atoms in total. The lowest BCUT2D eigenvalue weighted by Gasteiger charge is -2.27. The van der Waals surface area contributed by atoms with E-state index in [0.717, 1.165) is 28.8 Å². The SMILES string of the molecule is Cc1c(Cc2ccccc2)sc(NC(=O)C2CCCCC2C(=O)O)c1C(N)=O. The second kappa shape index (κ2) is 8.56. The average molecular weight is 401 g/mol. The lowest BCUT2D eigenvalue weighted by molar-refractivity contribution is -0.147. The van der Waals surface area contributed by atoms with Gasteiger partial charge in [-0.25, -0.2) is 0 Å². The molecule has 0 aliphatic heterocycles. The van der Waals surface area contributed by atoms with Gasteiger partial charge in [0.25, 0.3) is 5.91 Å². The molecule has 1 aromatic carbocycles. The zero-order valence-corrected chi connectivity index (χ0v) is 16.6. The van der Waals surface area contributed by atoms with Crippen molar-refractivity contribution in [1.29, 1.82) is 0 Å². The normalized spacial score (nSPS) is 19.2. The smallest absolute Gasteiger partial charge is 0.307 e. The number of carbonyl (C=O) groups excluding carboxylic acids is 2. The summed E-state index contributed by atoms with van der Waals surface area (Å²) in [7, 11) is 0. The molecule has 28 heavy (non-hydrogen) atoms. The lowest BCUT2D eigenvalue weighted by atomic mass is 9.79. The number of hydrogen-bond acceptors (Lipinski definition) is 4. The summed E-state index contributed by atoms with van der Waals surface area (Å²) in [6.07, 6.45) is 3.31. The first kappa shape index (κ1) is 20.1. The van der Waals surface area contributed by atoms with Gasteiger partial charge in [0.1, 0.15) is 5.00 Å². The number of anilines is 1. The van der Waals surface area contributed by atoms with Gasteiger partial charge in [-0.2, -0.15) is 0 Å². The third-order valence-electron chi connectivity index (χ3n) is 5.36. The first-order valence-corrected chi connectivity index (χ1v) is 10.2. The molecule has 0 saturated heterocycles. The molecule has 1 aromatic heterocycles. The Labute approximate surface area is 167 Å². The number of carboxylic acid groups (broad SMARTS) is 1. The van der Waals surface area contributed by atoms with Crippen LogP contribution in [0.3, 0.4) is 0 Å². The third-order valence-corrected chi connectivity index (χ3v) is 6.56. The molecule has 0 bridgehead atoms. The molecule has 2 atom stereocenters. The monoisotopic (exact) mass is 400 g/mol. The number of benzene rings is 1. The van der Waals surface area contributed by atoms with E-state index in [4.69, 9.17) is 5.73 Å². The number of primary amides is 1. The zero-order chi connectivity index (χ0) is 20.3. The molecule has 4 N–H and O–H groups in total. The maximum atomic E-state index is 12.8. The standard InChI is InChI=1S/C21H24N2O4S/c1-12-16(11-13-7-3-2-4-8-13)28-20(17(12)18(22)24)23-19(25)14-9-5-6-10-15(14)21(26)27/h2-4,7-8,14-15H,5-6,9-11H2,1H3,(H2,22,24)(H,23,25)(H,26,27). The Balaban J connectivity index is 1.86. The van der Waals surface area contributed by atoms with E-state index in [-0.39, 0.29) is 5.91 Å². The molecule has 1 aliphatic rings. The Morgan fingerprint density at radius 1 is 1.14 bits per heavy atom. The van der Waals surface area contributed by atoms with Crippen LogP contribution in [0.1, 0.15) is 52.0 Å². The molecule has 2 aromatic rings. The van der Waals surface area contributed by atoms with Crippen molar-refractivity contribution in [3.8, 4) is 0 Å². The van der Waals surface area contributed by atoms with E-state index >= 15 is 0 Å². The predicted octanol–water partition coefficient (Wildman–Crippen LogP) is 3.58. The van der Waals surface area contributed by atoms with Gasteiger partial charge in [-0.15, -0.1) is 11.3 Å². The number of rotatable bonds is 6. The summed E-state index contributed by atoms with van der Waals surface area (Å²) >= 11 is 1.33. The van der Waals surface area contributed by atoms with Gasteiger partial charge in [0.2, 0.25) is 5.91 Å². The van der Waals surface area contributed by atoms with Crippen LogP contribution in [0.5, 0.6) is 0 Å². The van der Waals surface area contributed by atoms with Crippen LogP contribution in [0.4, 0.5) is 5.00 Å². The van der Waals surface area contributed by atoms with E-state index in [1.165, 1.54) is 11.3 Å². The van der Waals surface area contributed by atoms with Crippen molar-refractivity contribution in [1.82, 2.24) is 0 Å². The summed E-state index contributed by atoms with van der Waals surface area (Å²) in [6.45, 7) is 1.82. The van der Waals surface area contributed by atoms with Gasteiger partial charge in [-0.05, 0) is 30.9 Å². The number of carbonyl (C=O) groups is 3. The van der Waals surface area contributed by atoms with E-state index in [2.05, 4.69) is 5.32 Å². The number of amides is 2. The summed E-state index contributed by atoms with van der Waals surface area (Å²) in [4.78, 5) is 37.3. The summed E-state index contributed by atoms with van der Waals surface area (Å²) in [5.74, 6) is -3.16. The zero-order valence-electron chi connectivity index (χ0n) is 15.7. The minimum absolute atomic E-state index is 0.312. The van der Waals surface area contributed by atoms with Crippen LogP contribution in [0.15, 0.2) is 30.3 Å². The number of aliphatic carboxylic acids is 1. The van der Waals surface area contributed by atoms with Gasteiger partial charge in [-0.3, -0.25) is 14.4 Å². The van der Waals surface area contributed by atoms with E-state index in [9.17, 15) is 19.5 Å². The fraction of sp³-hybridized carbons (Fsp3) is 0.381. The van der Waals surface area contributed by atoms with Crippen molar-refractivity contribution in [2.24, 2.45) is 17.6 Å². The molecule has 3 rings (SSSR count). The maximum Gasteiger partial charge on any atom is 0.307 e. The van der Waals surface area contributed by atoms with E-state index in [1.807, 2.05) is 37.3 Å². The molecule has 1 fully saturated rings. The van der Waals surface area contributed by atoms with Gasteiger partial charge in [-0.1, -0.05) is 43.2 Å². The van der Waals surface area contributed by atoms with Crippen LogP contribution in [-0.4, -0.2) is 22.9 Å². The quantitative estimate of drug-likeness (QED) is 0.688. The molecule has 2 unspecified atom stereocenters. The summed E-state index contributed by atoms with van der Waals surface area (Å²) in [6, 6.07) is 9.84. The summed E-state index contributed by atoms with van der Waals surface area (Å²) in [5, 5.41) is 12.6. The molecule has 1 aliphatic carbocycles. The van der Waals surface area contributed by atoms with Crippen molar-refractivity contribution in [3.63, 3.8) is 0 Å². The Bertz CT molecular complexity index is 891. The lowest BCUT2D eigenvalue weighted by Crippen LogP contribution is -2.36. The summed E-state index contributed by atoms with van der Waals surface area (Å²) < 4.78 is 0. The summed E-state index contributed by atoms with van der Waals surface area (Å²) in [5.41, 5.74) is 7.74. The Morgan fingerprint density at radius 2 is 1.79 bits per heavy atom. The number of nitrogens with two attached hydrogens (primary N) is 1. The number of hydrogen-bond donors (Lipinski definition) is 3. The van der Waals surface area contributed by atoms with Crippen LogP contribution < -0.4 is 11.1 Å². The van der Waals surface area contributed by atoms with E-state index in [1.54, 1.807) is 0 Å². The molecule has 7 heteroatoms. The fourth-order valence-corrected chi connectivity index (χ4v) is 5.09. The highest BCUT2D eigenvalue weighted by Gasteiger charge is 2.36. The second-order valence-electron chi connectivity index (χ2n) is 7.21. The van der Waals surface area contributed by atoms with Crippen molar-refractivity contribution in [2.45, 2.75) is 39.0 Å². The highest BCUT2D eigenvalue weighted by Crippen LogP contribution is 2.36. The molecular weight excluding hydrogens is 376 g/mol. The van der Waals surface area contributed by atoms with Gasteiger partial charge >= 0.3 is 5.97 Å². The molecule has 1 heterocycles. The first-order chi connectivity index (χ1) is 13.4. The van der Waals surface area contributed by atoms with Crippen LogP contribution in [0, 0.1) is 18.8 Å². The molecule has 148 valence electrons. The van der Waals surface area contributed by atoms with Gasteiger partial charge in [0.05, 0.1) is 17.4 Å². The number of carboxylic acids is 1. The Hall–Kier alpha value is -2.67. The minimum atomic E-state index is -0.942. The van der Waals surface area contributed by atoms with Crippen molar-refractivity contribution in [2.75, 3.05) is 5.32 Å². The highest BCUT2D eigenvalue weighted by molar-refractivity contribution is 7.17. The topological polar surface area (TPSA) is 109 Å². The molecule has 1 saturated carbocycles.